The number of fused-ring (bicyclic) bond motifs is 3. The van der Waals surface area contributed by atoms with E-state index < -0.39 is 0 Å². The van der Waals surface area contributed by atoms with Crippen LogP contribution in [0.1, 0.15) is 5.69 Å². The van der Waals surface area contributed by atoms with Crippen molar-refractivity contribution in [3.8, 4) is 0 Å². The Bertz CT molecular complexity index is 737. The second-order valence-corrected chi connectivity index (χ2v) is 3.99. The summed E-state index contributed by atoms with van der Waals surface area (Å²) in [5.74, 6) is 0. The first-order valence-corrected chi connectivity index (χ1v) is 5.31. The van der Waals surface area contributed by atoms with Gasteiger partial charge in [-0.25, -0.2) is 0 Å². The van der Waals surface area contributed by atoms with Gasteiger partial charge in [0, 0.05) is 17.0 Å². The molecule has 0 N–H and O–H groups in total. The molecule has 2 aromatic heterocycles. The number of rotatable bonds is 0. The van der Waals surface area contributed by atoms with Crippen molar-refractivity contribution in [1.29, 1.82) is 0 Å². The number of benzene rings is 1. The van der Waals surface area contributed by atoms with E-state index in [0.717, 1.165) is 5.69 Å². The predicted octanol–water partition coefficient (Wildman–Crippen LogP) is 2.58. The molecule has 0 atom stereocenters. The summed E-state index contributed by atoms with van der Waals surface area (Å²) in [6, 6.07) is 10.5. The molecular weight excluding hydrogens is 198 g/mol. The smallest absolute Gasteiger partial charge is 0.115 e. The minimum Gasteiger partial charge on any atom is -0.318 e. The van der Waals surface area contributed by atoms with Crippen LogP contribution in [0.4, 0.5) is 0 Å². The number of hydrogen-bond acceptors (Lipinski definition) is 2. The molecule has 0 unspecified atom stereocenters. The fourth-order valence-corrected chi connectivity index (χ4v) is 2.48. The maximum Gasteiger partial charge on any atom is 0.115 e. The van der Waals surface area contributed by atoms with Crippen LogP contribution in [0.25, 0.3) is 21.8 Å². The lowest BCUT2D eigenvalue weighted by atomic mass is 10.2. The van der Waals surface area contributed by atoms with Gasteiger partial charge >= 0.3 is 0 Å². The molecule has 3 heterocycles. The van der Waals surface area contributed by atoms with Gasteiger partial charge in [-0.05, 0) is 12.1 Å². The third-order valence-electron chi connectivity index (χ3n) is 3.14. The van der Waals surface area contributed by atoms with Crippen molar-refractivity contribution >= 4 is 28.0 Å². The molecule has 0 saturated carbocycles. The van der Waals surface area contributed by atoms with Crippen molar-refractivity contribution < 1.29 is 0 Å². The average Bonchev–Trinajstić information content (AvgIpc) is 2.68. The van der Waals surface area contributed by atoms with Crippen LogP contribution in [0.2, 0.25) is 0 Å². The number of nitrogens with zero attached hydrogens (tertiary/aromatic N) is 3. The fourth-order valence-electron chi connectivity index (χ4n) is 2.48. The molecule has 1 aliphatic rings. The van der Waals surface area contributed by atoms with Crippen molar-refractivity contribution in [2.75, 3.05) is 0 Å². The van der Waals surface area contributed by atoms with Crippen molar-refractivity contribution in [3.63, 3.8) is 0 Å². The molecule has 3 heteroatoms. The van der Waals surface area contributed by atoms with Crippen LogP contribution >= 0.6 is 0 Å². The van der Waals surface area contributed by atoms with E-state index >= 15 is 0 Å². The summed E-state index contributed by atoms with van der Waals surface area (Å²) in [5.41, 5.74) is 3.42. The number of para-hydroxylation sites is 1. The number of aromatic nitrogens is 2. The lowest BCUT2D eigenvalue weighted by molar-refractivity contribution is 0.784. The second kappa shape index (κ2) is 2.70. The minimum atomic E-state index is 0.697. The summed E-state index contributed by atoms with van der Waals surface area (Å²) in [5, 5.41) is 2.55. The molecule has 3 nitrogen and oxygen atoms in total. The zero-order valence-electron chi connectivity index (χ0n) is 8.59. The predicted molar refractivity (Wildman–Crippen MR) is 64.8 cm³/mol. The maximum absolute atomic E-state index is 4.36. The third kappa shape index (κ3) is 0.834. The van der Waals surface area contributed by atoms with Gasteiger partial charge in [-0.2, -0.15) is 0 Å². The van der Waals surface area contributed by atoms with Gasteiger partial charge in [-0.15, -0.1) is 0 Å². The van der Waals surface area contributed by atoms with E-state index in [1.54, 1.807) is 0 Å². The van der Waals surface area contributed by atoms with Gasteiger partial charge in [0.05, 0.1) is 17.2 Å². The van der Waals surface area contributed by atoms with Crippen molar-refractivity contribution in [2.45, 2.75) is 6.67 Å². The molecule has 0 saturated heterocycles. The lowest BCUT2D eigenvalue weighted by Gasteiger charge is -2.09. The molecule has 0 fully saturated rings. The topological polar surface area (TPSA) is 30.2 Å². The van der Waals surface area contributed by atoms with Gasteiger partial charge in [-0.1, -0.05) is 18.2 Å². The van der Waals surface area contributed by atoms with Gasteiger partial charge in [0.25, 0.3) is 0 Å². The van der Waals surface area contributed by atoms with Crippen LogP contribution in [-0.4, -0.2) is 15.8 Å². The first kappa shape index (κ1) is 8.05. The minimum absolute atomic E-state index is 0.697. The number of pyridine rings is 1. The summed E-state index contributed by atoms with van der Waals surface area (Å²) in [6.07, 6.45) is 3.72. The zero-order valence-corrected chi connectivity index (χ0v) is 8.59. The highest BCUT2D eigenvalue weighted by Crippen LogP contribution is 2.30. The normalized spacial score (nSPS) is 13.8. The first-order valence-electron chi connectivity index (χ1n) is 5.31. The second-order valence-electron chi connectivity index (χ2n) is 3.99. The summed E-state index contributed by atoms with van der Waals surface area (Å²) in [7, 11) is 0. The monoisotopic (exact) mass is 207 g/mol. The SMILES string of the molecule is C1=NCn2c3ccccc3c3ccnc1c32. The van der Waals surface area contributed by atoms with Gasteiger partial charge in [0.15, 0.2) is 0 Å². The molecule has 0 spiro atoms. The standard InChI is InChI=1S/C13H9N3/c1-2-4-12-9(3-1)10-5-6-15-11-7-14-8-16(12)13(10)11/h1-7H,8H2. The van der Waals surface area contributed by atoms with E-state index in [-0.39, 0.29) is 0 Å². The van der Waals surface area contributed by atoms with E-state index in [4.69, 9.17) is 0 Å². The maximum atomic E-state index is 4.36. The molecule has 0 radical (unpaired) electrons. The van der Waals surface area contributed by atoms with E-state index in [9.17, 15) is 0 Å². The van der Waals surface area contributed by atoms with Crippen LogP contribution in [0, 0.1) is 0 Å². The van der Waals surface area contributed by atoms with Gasteiger partial charge in [0.2, 0.25) is 0 Å². The Labute approximate surface area is 92.1 Å². The van der Waals surface area contributed by atoms with Crippen LogP contribution in [0.5, 0.6) is 0 Å². The van der Waals surface area contributed by atoms with E-state index in [1.807, 2.05) is 12.4 Å². The molecule has 76 valence electrons. The number of hydrogen-bond donors (Lipinski definition) is 0. The fraction of sp³-hybridized carbons (Fsp3) is 0.0769. The molecule has 0 aliphatic carbocycles. The average molecular weight is 207 g/mol. The highest BCUT2D eigenvalue weighted by atomic mass is 15.1. The Kier molecular flexibility index (Phi) is 1.36. The lowest BCUT2D eigenvalue weighted by Crippen LogP contribution is -2.04. The molecule has 0 bridgehead atoms. The highest BCUT2D eigenvalue weighted by molar-refractivity contribution is 6.12. The molecule has 1 aromatic carbocycles. The summed E-state index contributed by atoms with van der Waals surface area (Å²) < 4.78 is 2.23. The van der Waals surface area contributed by atoms with Gasteiger partial charge in [-0.3, -0.25) is 9.98 Å². The van der Waals surface area contributed by atoms with Crippen molar-refractivity contribution in [3.05, 3.63) is 42.2 Å². The van der Waals surface area contributed by atoms with Crippen molar-refractivity contribution in [1.82, 2.24) is 9.55 Å². The van der Waals surface area contributed by atoms with Crippen LogP contribution in [0.15, 0.2) is 41.5 Å². The zero-order chi connectivity index (χ0) is 10.5. The summed E-state index contributed by atoms with van der Waals surface area (Å²) in [6.45, 7) is 0.697. The van der Waals surface area contributed by atoms with Crippen LogP contribution in [0.3, 0.4) is 0 Å². The molecule has 0 amide bonds. The van der Waals surface area contributed by atoms with Crippen molar-refractivity contribution in [2.24, 2.45) is 4.99 Å². The van der Waals surface area contributed by atoms with E-state index in [1.165, 1.54) is 21.8 Å². The largest absolute Gasteiger partial charge is 0.318 e. The van der Waals surface area contributed by atoms with E-state index in [0.29, 0.717) is 6.67 Å². The number of aliphatic imine (C=N–C) groups is 1. The Morgan fingerprint density at radius 2 is 2.00 bits per heavy atom. The van der Waals surface area contributed by atoms with Crippen LogP contribution in [-0.2, 0) is 6.67 Å². The molecule has 3 aromatic rings. The first-order chi connectivity index (χ1) is 7.95. The molecular formula is C13H9N3. The summed E-state index contributed by atoms with van der Waals surface area (Å²) in [4.78, 5) is 8.70. The molecule has 1 aliphatic heterocycles. The van der Waals surface area contributed by atoms with Gasteiger partial charge < -0.3 is 4.57 Å². The molecule has 16 heavy (non-hydrogen) atoms. The Hall–Kier alpha value is -2.16. The van der Waals surface area contributed by atoms with Crippen LogP contribution < -0.4 is 0 Å². The van der Waals surface area contributed by atoms with E-state index in [2.05, 4.69) is 44.9 Å². The third-order valence-corrected chi connectivity index (χ3v) is 3.14. The summed E-state index contributed by atoms with van der Waals surface area (Å²) >= 11 is 0. The van der Waals surface area contributed by atoms with Gasteiger partial charge in [0.1, 0.15) is 12.4 Å². The Morgan fingerprint density at radius 3 is 3.00 bits per heavy atom. The highest BCUT2D eigenvalue weighted by Gasteiger charge is 2.15. The Balaban J connectivity index is 2.39. The Morgan fingerprint density at radius 1 is 1.06 bits per heavy atom. The quantitative estimate of drug-likeness (QED) is 0.557. The molecule has 4 rings (SSSR count).